The van der Waals surface area contributed by atoms with Crippen molar-refractivity contribution in [2.75, 3.05) is 44.4 Å². The van der Waals surface area contributed by atoms with E-state index in [2.05, 4.69) is 10.3 Å². The molecule has 5 heterocycles. The van der Waals surface area contributed by atoms with Gasteiger partial charge in [0.2, 0.25) is 11.8 Å². The van der Waals surface area contributed by atoms with E-state index in [1.165, 1.54) is 11.3 Å². The van der Waals surface area contributed by atoms with E-state index in [0.29, 0.717) is 60.7 Å². The second-order valence-corrected chi connectivity index (χ2v) is 22.1. The maximum absolute atomic E-state index is 14.1. The molecule has 3 atom stereocenters. The summed E-state index contributed by atoms with van der Waals surface area (Å²) in [6, 6.07) is 10.9. The Balaban J connectivity index is 1.04. The Bertz CT molecular complexity index is 1970. The van der Waals surface area contributed by atoms with Gasteiger partial charge in [-0.3, -0.25) is 33.5 Å². The third-order valence-corrected chi connectivity index (χ3v) is 15.7. The minimum Gasteiger partial charge on any atom is -0.351 e. The summed E-state index contributed by atoms with van der Waals surface area (Å²) in [6.45, 7) is 9.53. The summed E-state index contributed by atoms with van der Waals surface area (Å²) in [7, 11) is -3.67. The Labute approximate surface area is 360 Å². The maximum Gasteiger partial charge on any atom is 0.335 e. The molecule has 1 aromatic carbocycles. The fourth-order valence-electron chi connectivity index (χ4n) is 7.97. The van der Waals surface area contributed by atoms with Crippen molar-refractivity contribution in [2.24, 2.45) is 17.8 Å². The molecule has 3 saturated heterocycles. The number of nitrogens with one attached hydrogen (secondary N) is 1. The van der Waals surface area contributed by atoms with Gasteiger partial charge in [-0.15, -0.1) is 11.3 Å². The molecule has 0 aliphatic carbocycles. The molecular weight excluding hydrogens is 828 g/mol. The number of rotatable bonds is 19. The highest BCUT2D eigenvalue weighted by atomic mass is 32.2. The highest BCUT2D eigenvalue weighted by Crippen LogP contribution is 2.52. The Kier molecular flexibility index (Phi) is 16.3. The number of thiophene rings is 1. The molecule has 1 N–H and O–H groups in total. The van der Waals surface area contributed by atoms with Gasteiger partial charge in [-0.05, 0) is 78.3 Å². The standard InChI is InChI=1S/C43H57N4O8PS3/c1-28(2)19-39(48)57-17-15-54-56(53,55-16-18-58-40(49)20-29(3)4)27-30-10-13-37-33(21-30)22-38(59-37)41(50)45-24-32-7-5-9-35-11-12-36(47(35)42(32)51)43(52)46-25-34(26-46)31-8-6-14-44-23-31/h6,8,10,13-14,21-23,28-29,32,34-36H,5,7,9,11-12,15-20,24-27H2,1-4H3,(H,45,50)/t32?,35-,36-/m0/s1. The van der Waals surface area contributed by atoms with Crippen molar-refractivity contribution >= 4 is 80.5 Å². The van der Waals surface area contributed by atoms with Crippen molar-refractivity contribution < 1.29 is 37.6 Å². The van der Waals surface area contributed by atoms with Gasteiger partial charge in [0.1, 0.15) is 6.04 Å². The van der Waals surface area contributed by atoms with E-state index in [1.54, 1.807) is 12.3 Å². The zero-order chi connectivity index (χ0) is 42.1. The molecule has 6 rings (SSSR count). The van der Waals surface area contributed by atoms with Crippen LogP contribution in [0.1, 0.15) is 99.4 Å². The van der Waals surface area contributed by atoms with Gasteiger partial charge in [-0.25, -0.2) is 0 Å². The number of carbonyl (C=O) groups excluding carboxylic acids is 5. The van der Waals surface area contributed by atoms with Gasteiger partial charge in [0.15, 0.2) is 10.2 Å². The van der Waals surface area contributed by atoms with Gasteiger partial charge in [0, 0.05) is 73.0 Å². The minimum absolute atomic E-state index is 0.0108. The number of hydrogen-bond acceptors (Lipinski definition) is 12. The Hall–Kier alpha value is -3.07. The van der Waals surface area contributed by atoms with E-state index in [1.807, 2.05) is 74.0 Å². The molecule has 12 nitrogen and oxygen atoms in total. The fraction of sp³-hybridized carbons (Fsp3) is 0.581. The van der Waals surface area contributed by atoms with Crippen LogP contribution in [-0.4, -0.2) is 99.2 Å². The number of hydrogen-bond donors (Lipinski definition) is 1. The predicted molar refractivity (Wildman–Crippen MR) is 236 cm³/mol. The van der Waals surface area contributed by atoms with E-state index in [4.69, 9.17) is 9.05 Å². The fourth-order valence-corrected chi connectivity index (χ4v) is 12.5. The van der Waals surface area contributed by atoms with Gasteiger partial charge in [-0.1, -0.05) is 69.8 Å². The van der Waals surface area contributed by atoms with Gasteiger partial charge >= 0.3 is 7.60 Å². The van der Waals surface area contributed by atoms with Crippen molar-refractivity contribution in [3.8, 4) is 0 Å². The molecule has 16 heteroatoms. The van der Waals surface area contributed by atoms with E-state index < -0.39 is 19.6 Å². The van der Waals surface area contributed by atoms with Crippen LogP contribution in [0.3, 0.4) is 0 Å². The zero-order valence-corrected chi connectivity index (χ0v) is 37.8. The van der Waals surface area contributed by atoms with Crippen LogP contribution < -0.4 is 5.32 Å². The summed E-state index contributed by atoms with van der Waals surface area (Å²) in [4.78, 5) is 74.0. The first-order chi connectivity index (χ1) is 28.3. The van der Waals surface area contributed by atoms with Crippen LogP contribution in [0, 0.1) is 17.8 Å². The van der Waals surface area contributed by atoms with Crippen LogP contribution in [0.5, 0.6) is 0 Å². The van der Waals surface area contributed by atoms with Gasteiger partial charge in [0.25, 0.3) is 5.91 Å². The molecule has 0 bridgehead atoms. The second-order valence-electron chi connectivity index (χ2n) is 16.6. The van der Waals surface area contributed by atoms with E-state index in [9.17, 15) is 28.5 Å². The Morgan fingerprint density at radius 3 is 2.27 bits per heavy atom. The first-order valence-corrected chi connectivity index (χ1v) is 25.3. The quantitative estimate of drug-likeness (QED) is 0.0918. The number of aromatic nitrogens is 1. The number of carbonyl (C=O) groups is 5. The average Bonchev–Trinajstić information content (AvgIpc) is 3.76. The summed E-state index contributed by atoms with van der Waals surface area (Å²) >= 11 is 3.65. The number of thioether (sulfide) groups is 2. The molecule has 3 aliphatic heterocycles. The van der Waals surface area contributed by atoms with Crippen LogP contribution >= 0.6 is 42.5 Å². The lowest BCUT2D eigenvalue weighted by molar-refractivity contribution is -0.149. The monoisotopic (exact) mass is 884 g/mol. The lowest BCUT2D eigenvalue weighted by Crippen LogP contribution is -2.57. The summed E-state index contributed by atoms with van der Waals surface area (Å²) in [6.07, 6.45) is 8.33. The molecule has 0 radical (unpaired) electrons. The molecule has 0 spiro atoms. The maximum atomic E-state index is 14.1. The zero-order valence-electron chi connectivity index (χ0n) is 34.5. The smallest absolute Gasteiger partial charge is 0.335 e. The molecule has 59 heavy (non-hydrogen) atoms. The molecule has 1 unspecified atom stereocenters. The third-order valence-electron chi connectivity index (χ3n) is 10.9. The summed E-state index contributed by atoms with van der Waals surface area (Å²) in [5.74, 6) is 0.731. The predicted octanol–water partition coefficient (Wildman–Crippen LogP) is 8.15. The van der Waals surface area contributed by atoms with Crippen LogP contribution in [0.2, 0.25) is 0 Å². The lowest BCUT2D eigenvalue weighted by atomic mass is 9.91. The van der Waals surface area contributed by atoms with Crippen molar-refractivity contribution in [2.45, 2.75) is 96.8 Å². The van der Waals surface area contributed by atoms with Crippen molar-refractivity contribution in [3.63, 3.8) is 0 Å². The largest absolute Gasteiger partial charge is 0.351 e. The van der Waals surface area contributed by atoms with Crippen LogP contribution in [0.15, 0.2) is 48.8 Å². The number of benzene rings is 1. The number of pyridine rings is 1. The van der Waals surface area contributed by atoms with E-state index >= 15 is 0 Å². The van der Waals surface area contributed by atoms with Crippen molar-refractivity contribution in [1.29, 1.82) is 0 Å². The molecule has 3 aliphatic rings. The molecule has 2 aromatic heterocycles. The molecule has 3 aromatic rings. The van der Waals surface area contributed by atoms with E-state index in [-0.39, 0.29) is 77.7 Å². The summed E-state index contributed by atoms with van der Waals surface area (Å²) in [5.41, 5.74) is 1.83. The third kappa shape index (κ3) is 12.5. The lowest BCUT2D eigenvalue weighted by Gasteiger charge is -2.42. The molecule has 320 valence electrons. The van der Waals surface area contributed by atoms with Crippen LogP contribution in [-0.2, 0) is 39.0 Å². The van der Waals surface area contributed by atoms with Crippen LogP contribution in [0.25, 0.3) is 10.1 Å². The highest BCUT2D eigenvalue weighted by molar-refractivity contribution is 8.13. The molecular formula is C43H57N4O8PS3. The van der Waals surface area contributed by atoms with Crippen molar-refractivity contribution in [3.05, 3.63) is 64.8 Å². The number of amides is 3. The summed E-state index contributed by atoms with van der Waals surface area (Å²) < 4.78 is 26.7. The SMILES string of the molecule is CC(C)CC(=O)SCCOP(=O)(Cc1ccc2sc(C(=O)NCC3CCC[C@H]4CC[C@@H](C(=O)N5CC(c6cccnc6)C5)N4C3=O)cc2c1)OCCSC(=O)CC(C)C. The number of fused-ring (bicyclic) bond motifs is 2. The van der Waals surface area contributed by atoms with E-state index in [0.717, 1.165) is 58.4 Å². The molecule has 0 saturated carbocycles. The minimum atomic E-state index is -3.67. The van der Waals surface area contributed by atoms with Crippen molar-refractivity contribution in [1.82, 2.24) is 20.1 Å². The average molecular weight is 885 g/mol. The van der Waals surface area contributed by atoms with Gasteiger partial charge in [-0.2, -0.15) is 0 Å². The number of likely N-dealkylation sites (tertiary alicyclic amines) is 1. The van der Waals surface area contributed by atoms with Gasteiger partial charge < -0.3 is 24.2 Å². The Morgan fingerprint density at radius 2 is 1.63 bits per heavy atom. The Morgan fingerprint density at radius 1 is 0.932 bits per heavy atom. The number of nitrogens with zero attached hydrogens (tertiary/aromatic N) is 3. The highest BCUT2D eigenvalue weighted by Gasteiger charge is 2.47. The first-order valence-electron chi connectivity index (χ1n) is 20.8. The molecule has 3 fully saturated rings. The topological polar surface area (TPSA) is 152 Å². The normalized spacial score (nSPS) is 19.9. The second kappa shape index (κ2) is 21.1. The molecule has 3 amide bonds. The summed E-state index contributed by atoms with van der Waals surface area (Å²) in [5, 5.41) is 3.93. The van der Waals surface area contributed by atoms with Crippen LogP contribution in [0.4, 0.5) is 0 Å². The van der Waals surface area contributed by atoms with Gasteiger partial charge in [0.05, 0.1) is 30.2 Å². The first kappa shape index (κ1) is 45.5.